The van der Waals surface area contributed by atoms with Crippen molar-refractivity contribution in [2.75, 3.05) is 6.61 Å². The average Bonchev–Trinajstić information content (AvgIpc) is 2.52. The van der Waals surface area contributed by atoms with E-state index in [1.54, 1.807) is 0 Å². The molecule has 14 heavy (non-hydrogen) atoms. The van der Waals surface area contributed by atoms with Gasteiger partial charge in [0.15, 0.2) is 6.10 Å². The fraction of sp³-hybridized carbons (Fsp3) is 0.857. The van der Waals surface area contributed by atoms with Gasteiger partial charge in [0, 0.05) is 0 Å². The van der Waals surface area contributed by atoms with E-state index in [-0.39, 0.29) is 0 Å². The van der Waals surface area contributed by atoms with E-state index in [2.05, 4.69) is 9.47 Å². The minimum atomic E-state index is -1.31. The third kappa shape index (κ3) is 1.34. The predicted molar refractivity (Wildman–Crippen MR) is 39.1 cm³/mol. The van der Waals surface area contributed by atoms with Crippen molar-refractivity contribution in [1.29, 1.82) is 0 Å². The summed E-state index contributed by atoms with van der Waals surface area (Å²) < 4.78 is 14.1. The number of ether oxygens (including phenoxy) is 3. The molecule has 7 heteroatoms. The average molecular weight is 206 g/mol. The molecule has 2 rings (SSSR count). The maximum atomic E-state index is 10.7. The molecule has 7 nitrogen and oxygen atoms in total. The van der Waals surface area contributed by atoms with Crippen molar-refractivity contribution in [3.63, 3.8) is 0 Å². The lowest BCUT2D eigenvalue weighted by Gasteiger charge is -2.35. The Hall–Kier alpha value is -0.890. The second kappa shape index (κ2) is 3.35. The third-order valence-corrected chi connectivity index (χ3v) is 2.27. The summed E-state index contributed by atoms with van der Waals surface area (Å²) >= 11 is 0. The lowest BCUT2D eigenvalue weighted by Crippen LogP contribution is -2.57. The van der Waals surface area contributed by atoms with Crippen molar-refractivity contribution < 1.29 is 34.3 Å². The van der Waals surface area contributed by atoms with Crippen LogP contribution in [-0.2, 0) is 14.2 Å². The smallest absolute Gasteiger partial charge is 0.421 e. The van der Waals surface area contributed by atoms with Gasteiger partial charge in [-0.3, -0.25) is 0 Å². The summed E-state index contributed by atoms with van der Waals surface area (Å²) in [7, 11) is 0. The second-order valence-electron chi connectivity index (χ2n) is 3.16. The predicted octanol–water partition coefficient (Wildman–Crippen LogP) is -2.04. The van der Waals surface area contributed by atoms with Gasteiger partial charge in [0.05, 0.1) is 6.61 Å². The van der Waals surface area contributed by atoms with Gasteiger partial charge in [-0.05, 0) is 0 Å². The largest absolute Gasteiger partial charge is 0.511 e. The zero-order valence-electron chi connectivity index (χ0n) is 7.07. The minimum Gasteiger partial charge on any atom is -0.421 e. The molecule has 2 aliphatic rings. The highest BCUT2D eigenvalue weighted by atomic mass is 16.8. The minimum absolute atomic E-state index is 0.473. The van der Waals surface area contributed by atoms with Crippen LogP contribution in [0.1, 0.15) is 0 Å². The maximum Gasteiger partial charge on any atom is 0.511 e. The van der Waals surface area contributed by atoms with Crippen LogP contribution in [-0.4, -0.2) is 58.8 Å². The fourth-order valence-corrected chi connectivity index (χ4v) is 1.51. The lowest BCUT2D eigenvalue weighted by molar-refractivity contribution is -0.250. The molecule has 0 aromatic rings. The van der Waals surface area contributed by atoms with Crippen LogP contribution in [0.15, 0.2) is 0 Å². The van der Waals surface area contributed by atoms with Crippen LogP contribution < -0.4 is 0 Å². The summed E-state index contributed by atoms with van der Waals surface area (Å²) in [5.74, 6) is 0. The zero-order valence-corrected chi connectivity index (χ0v) is 7.07. The van der Waals surface area contributed by atoms with Gasteiger partial charge in [-0.2, -0.15) is 0 Å². The van der Waals surface area contributed by atoms with Crippen molar-refractivity contribution in [1.82, 2.24) is 0 Å². The highest BCUT2D eigenvalue weighted by Crippen LogP contribution is 2.28. The first kappa shape index (κ1) is 9.66. The molecular formula is C7H10O7. The molecule has 0 unspecified atom stereocenters. The number of carbonyl (C=O) groups is 1. The van der Waals surface area contributed by atoms with E-state index in [4.69, 9.17) is 9.84 Å². The Morgan fingerprint density at radius 2 is 1.93 bits per heavy atom. The van der Waals surface area contributed by atoms with Gasteiger partial charge in [-0.15, -0.1) is 0 Å². The molecule has 0 aromatic heterocycles. The van der Waals surface area contributed by atoms with E-state index < -0.39 is 43.5 Å². The van der Waals surface area contributed by atoms with Gasteiger partial charge in [0.25, 0.3) is 0 Å². The molecular weight excluding hydrogens is 196 g/mol. The molecule has 0 aliphatic carbocycles. The SMILES string of the molecule is O=C1O[C@H]2O[C@H](CO)[C@@H](O)[C@H](O)[C@H]2O1. The molecule has 2 fully saturated rings. The normalized spacial score (nSPS) is 46.8. The number of fused-ring (bicyclic) bond motifs is 1. The fourth-order valence-electron chi connectivity index (χ4n) is 1.51. The lowest BCUT2D eigenvalue weighted by atomic mass is 9.99. The van der Waals surface area contributed by atoms with E-state index in [9.17, 15) is 15.0 Å². The van der Waals surface area contributed by atoms with Crippen LogP contribution in [0.3, 0.4) is 0 Å². The summed E-state index contributed by atoms with van der Waals surface area (Å²) in [4.78, 5) is 10.7. The number of carbonyl (C=O) groups excluding carboxylic acids is 1. The Bertz CT molecular complexity index is 242. The van der Waals surface area contributed by atoms with Crippen LogP contribution in [0.4, 0.5) is 4.79 Å². The van der Waals surface area contributed by atoms with Gasteiger partial charge in [0.1, 0.15) is 18.3 Å². The summed E-state index contributed by atoms with van der Waals surface area (Å²) in [6, 6.07) is 0. The highest BCUT2D eigenvalue weighted by molar-refractivity contribution is 5.62. The molecule has 0 radical (unpaired) electrons. The van der Waals surface area contributed by atoms with Crippen LogP contribution in [0.2, 0.25) is 0 Å². The Balaban J connectivity index is 2.13. The highest BCUT2D eigenvalue weighted by Gasteiger charge is 2.52. The van der Waals surface area contributed by atoms with Crippen molar-refractivity contribution in [3.8, 4) is 0 Å². The number of hydrogen-bond acceptors (Lipinski definition) is 7. The van der Waals surface area contributed by atoms with E-state index in [0.29, 0.717) is 0 Å². The van der Waals surface area contributed by atoms with E-state index in [0.717, 1.165) is 0 Å². The number of aliphatic hydroxyl groups is 3. The van der Waals surface area contributed by atoms with Crippen molar-refractivity contribution in [2.45, 2.75) is 30.7 Å². The zero-order chi connectivity index (χ0) is 10.3. The molecule has 3 N–H and O–H groups in total. The van der Waals surface area contributed by atoms with Crippen molar-refractivity contribution in [3.05, 3.63) is 0 Å². The van der Waals surface area contributed by atoms with Crippen molar-refractivity contribution >= 4 is 6.16 Å². The summed E-state index contributed by atoms with van der Waals surface area (Å²) in [6.45, 7) is -0.473. The van der Waals surface area contributed by atoms with Gasteiger partial charge in [-0.1, -0.05) is 0 Å². The Labute approximate surface area is 78.8 Å². The van der Waals surface area contributed by atoms with Crippen LogP contribution in [0, 0.1) is 0 Å². The standard InChI is InChI=1S/C7H10O7/c8-1-2-3(9)4(10)5-6(12-2)14-7(11)13-5/h2-6,8-10H,1H2/t2-,3-,4+,5-,6-/m1/s1. The molecule has 5 atom stereocenters. The molecule has 0 amide bonds. The summed E-state index contributed by atoms with van der Waals surface area (Å²) in [5, 5.41) is 27.6. The molecule has 2 heterocycles. The number of rotatable bonds is 1. The van der Waals surface area contributed by atoms with Crippen LogP contribution in [0.5, 0.6) is 0 Å². The molecule has 0 aromatic carbocycles. The Morgan fingerprint density at radius 1 is 1.21 bits per heavy atom. The number of aliphatic hydroxyl groups excluding tert-OH is 3. The topological polar surface area (TPSA) is 105 Å². The molecule has 0 saturated carbocycles. The van der Waals surface area contributed by atoms with E-state index >= 15 is 0 Å². The second-order valence-corrected chi connectivity index (χ2v) is 3.16. The molecule has 80 valence electrons. The first-order valence-electron chi connectivity index (χ1n) is 4.13. The van der Waals surface area contributed by atoms with Crippen molar-refractivity contribution in [2.24, 2.45) is 0 Å². The molecule has 0 bridgehead atoms. The van der Waals surface area contributed by atoms with Gasteiger partial charge in [0.2, 0.25) is 6.29 Å². The van der Waals surface area contributed by atoms with Gasteiger partial charge >= 0.3 is 6.16 Å². The Kier molecular flexibility index (Phi) is 2.31. The molecule has 2 saturated heterocycles. The van der Waals surface area contributed by atoms with Gasteiger partial charge in [-0.25, -0.2) is 4.79 Å². The first-order valence-corrected chi connectivity index (χ1v) is 4.13. The third-order valence-electron chi connectivity index (χ3n) is 2.27. The van der Waals surface area contributed by atoms with Crippen LogP contribution >= 0.6 is 0 Å². The monoisotopic (exact) mass is 206 g/mol. The first-order chi connectivity index (χ1) is 6.63. The molecule has 0 spiro atoms. The van der Waals surface area contributed by atoms with Gasteiger partial charge < -0.3 is 29.5 Å². The molecule has 2 aliphatic heterocycles. The number of hydrogen-bond donors (Lipinski definition) is 3. The summed E-state index contributed by atoms with van der Waals surface area (Å²) in [5.41, 5.74) is 0. The Morgan fingerprint density at radius 3 is 2.57 bits per heavy atom. The van der Waals surface area contributed by atoms with E-state index in [1.165, 1.54) is 0 Å². The van der Waals surface area contributed by atoms with E-state index in [1.807, 2.05) is 0 Å². The maximum absolute atomic E-state index is 10.7. The quantitative estimate of drug-likeness (QED) is 0.424. The summed E-state index contributed by atoms with van der Waals surface area (Å²) in [6.07, 6.45) is -6.61. The van der Waals surface area contributed by atoms with Crippen LogP contribution in [0.25, 0.3) is 0 Å².